The van der Waals surface area contributed by atoms with Crippen LogP contribution in [-0.2, 0) is 14.3 Å². The van der Waals surface area contributed by atoms with Gasteiger partial charge in [-0.15, -0.1) is 0 Å². The van der Waals surface area contributed by atoms with E-state index in [1.54, 1.807) is 4.90 Å². The van der Waals surface area contributed by atoms with Gasteiger partial charge in [0, 0.05) is 6.54 Å². The van der Waals surface area contributed by atoms with Crippen molar-refractivity contribution in [1.29, 1.82) is 0 Å². The van der Waals surface area contributed by atoms with E-state index in [0.717, 1.165) is 0 Å². The second-order valence-corrected chi connectivity index (χ2v) is 6.47. The zero-order chi connectivity index (χ0) is 13.7. The van der Waals surface area contributed by atoms with Crippen molar-refractivity contribution in [1.82, 2.24) is 4.90 Å². The highest BCUT2D eigenvalue weighted by Crippen LogP contribution is 2.59. The molecule has 0 spiro atoms. The fourth-order valence-electron chi connectivity index (χ4n) is 2.99. The number of nitrogens with zero attached hydrogens (tertiary/aromatic N) is 1. The van der Waals surface area contributed by atoms with E-state index < -0.39 is 23.2 Å². The van der Waals surface area contributed by atoms with Gasteiger partial charge in [-0.2, -0.15) is 0 Å². The van der Waals surface area contributed by atoms with Crippen LogP contribution in [0.5, 0.6) is 0 Å². The number of amides is 1. The summed E-state index contributed by atoms with van der Waals surface area (Å²) in [7, 11) is 0. The van der Waals surface area contributed by atoms with Gasteiger partial charge in [-0.25, -0.2) is 0 Å². The average molecular weight is 255 g/mol. The van der Waals surface area contributed by atoms with Gasteiger partial charge >= 0.3 is 5.97 Å². The molecule has 5 heteroatoms. The quantitative estimate of drug-likeness (QED) is 0.798. The number of carbonyl (C=O) groups is 2. The molecular weight excluding hydrogens is 234 g/mol. The fraction of sp³-hybridized carbons (Fsp3) is 0.846. The smallest absolute Gasteiger partial charge is 0.307 e. The third-order valence-corrected chi connectivity index (χ3v) is 4.27. The van der Waals surface area contributed by atoms with Crippen LogP contribution >= 0.6 is 0 Å². The van der Waals surface area contributed by atoms with Gasteiger partial charge in [0.2, 0.25) is 5.91 Å². The van der Waals surface area contributed by atoms with Crippen LogP contribution in [0.2, 0.25) is 0 Å². The minimum Gasteiger partial charge on any atom is -0.481 e. The van der Waals surface area contributed by atoms with Gasteiger partial charge in [-0.05, 0) is 19.3 Å². The number of carboxylic acids is 1. The molecule has 0 bridgehead atoms. The van der Waals surface area contributed by atoms with Crippen molar-refractivity contribution in [2.75, 3.05) is 19.8 Å². The van der Waals surface area contributed by atoms with E-state index in [9.17, 15) is 9.59 Å². The molecule has 5 nitrogen and oxygen atoms in total. The Morgan fingerprint density at radius 1 is 1.22 bits per heavy atom. The number of rotatable bonds is 2. The number of aliphatic carboxylic acids is 1. The molecule has 2 aliphatic rings. The van der Waals surface area contributed by atoms with E-state index in [-0.39, 0.29) is 11.4 Å². The molecular formula is C13H21NO4. The SMILES string of the molecule is CC1(C)[C@H](C(=O)O)[C@@H]1C(=O)N1CCOCC1(C)C. The molecule has 102 valence electrons. The van der Waals surface area contributed by atoms with Gasteiger partial charge in [0.05, 0.1) is 30.6 Å². The van der Waals surface area contributed by atoms with E-state index in [4.69, 9.17) is 9.84 Å². The molecule has 2 fully saturated rings. The maximum atomic E-state index is 12.5. The molecule has 0 aromatic carbocycles. The molecule has 2 atom stereocenters. The van der Waals surface area contributed by atoms with Crippen molar-refractivity contribution in [2.24, 2.45) is 17.3 Å². The second kappa shape index (κ2) is 3.95. The summed E-state index contributed by atoms with van der Waals surface area (Å²) in [5.41, 5.74) is -0.783. The molecule has 1 aliphatic carbocycles. The Morgan fingerprint density at radius 2 is 1.83 bits per heavy atom. The van der Waals surface area contributed by atoms with Gasteiger partial charge in [-0.3, -0.25) is 9.59 Å². The third kappa shape index (κ3) is 1.90. The molecule has 0 aromatic heterocycles. The van der Waals surface area contributed by atoms with Crippen LogP contribution in [0.3, 0.4) is 0 Å². The summed E-state index contributed by atoms with van der Waals surface area (Å²) < 4.78 is 5.38. The Hall–Kier alpha value is -1.10. The Morgan fingerprint density at radius 3 is 2.28 bits per heavy atom. The molecule has 0 unspecified atom stereocenters. The summed E-state index contributed by atoms with van der Waals surface area (Å²) >= 11 is 0. The standard InChI is InChI=1S/C13H21NO4/c1-12(2)7-18-6-5-14(12)10(15)8-9(11(16)17)13(8,3)4/h8-9H,5-7H2,1-4H3,(H,16,17)/t8-,9+/m1/s1. The summed E-state index contributed by atoms with van der Waals surface area (Å²) in [6.45, 7) is 9.18. The van der Waals surface area contributed by atoms with E-state index in [0.29, 0.717) is 19.8 Å². The first-order valence-corrected chi connectivity index (χ1v) is 6.31. The Kier molecular flexibility index (Phi) is 2.93. The Labute approximate surface area is 107 Å². The van der Waals surface area contributed by atoms with Crippen molar-refractivity contribution in [3.8, 4) is 0 Å². The van der Waals surface area contributed by atoms with Crippen molar-refractivity contribution < 1.29 is 19.4 Å². The lowest BCUT2D eigenvalue weighted by Gasteiger charge is -2.42. The zero-order valence-corrected chi connectivity index (χ0v) is 11.4. The van der Waals surface area contributed by atoms with Crippen molar-refractivity contribution >= 4 is 11.9 Å². The average Bonchev–Trinajstić information content (AvgIpc) is 2.80. The van der Waals surface area contributed by atoms with Gasteiger partial charge in [0.15, 0.2) is 0 Å². The third-order valence-electron chi connectivity index (χ3n) is 4.27. The normalized spacial score (nSPS) is 33.0. The highest BCUT2D eigenvalue weighted by Gasteiger charge is 2.67. The first-order chi connectivity index (χ1) is 8.19. The fourth-order valence-corrected chi connectivity index (χ4v) is 2.99. The van der Waals surface area contributed by atoms with E-state index >= 15 is 0 Å². The number of hydrogen-bond acceptors (Lipinski definition) is 3. The van der Waals surface area contributed by atoms with Crippen LogP contribution in [-0.4, -0.2) is 47.2 Å². The predicted octanol–water partition coefficient (Wildman–Crippen LogP) is 0.981. The van der Waals surface area contributed by atoms with Crippen LogP contribution in [0.4, 0.5) is 0 Å². The molecule has 1 amide bonds. The molecule has 1 saturated carbocycles. The molecule has 1 N–H and O–H groups in total. The number of ether oxygens (including phenoxy) is 1. The molecule has 2 rings (SSSR count). The minimum atomic E-state index is -0.871. The first kappa shape index (κ1) is 13.3. The van der Waals surface area contributed by atoms with Crippen LogP contribution in [0.25, 0.3) is 0 Å². The predicted molar refractivity (Wildman–Crippen MR) is 65.0 cm³/mol. The van der Waals surface area contributed by atoms with Crippen LogP contribution in [0.1, 0.15) is 27.7 Å². The Bertz CT molecular complexity index is 388. The number of morpholine rings is 1. The van der Waals surface area contributed by atoms with Crippen LogP contribution in [0, 0.1) is 17.3 Å². The van der Waals surface area contributed by atoms with E-state index in [2.05, 4.69) is 0 Å². The van der Waals surface area contributed by atoms with Crippen molar-refractivity contribution in [3.63, 3.8) is 0 Å². The van der Waals surface area contributed by atoms with Gasteiger partial charge in [0.1, 0.15) is 0 Å². The summed E-state index contributed by atoms with van der Waals surface area (Å²) in [5.74, 6) is -1.86. The maximum absolute atomic E-state index is 12.5. The summed E-state index contributed by atoms with van der Waals surface area (Å²) in [4.78, 5) is 25.4. The lowest BCUT2D eigenvalue weighted by molar-refractivity contribution is -0.150. The second-order valence-electron chi connectivity index (χ2n) is 6.47. The molecule has 1 heterocycles. The van der Waals surface area contributed by atoms with Gasteiger partial charge < -0.3 is 14.7 Å². The first-order valence-electron chi connectivity index (χ1n) is 6.31. The highest BCUT2D eigenvalue weighted by atomic mass is 16.5. The van der Waals surface area contributed by atoms with Crippen LogP contribution in [0.15, 0.2) is 0 Å². The topological polar surface area (TPSA) is 66.8 Å². The lowest BCUT2D eigenvalue weighted by Crippen LogP contribution is -2.56. The van der Waals surface area contributed by atoms with Gasteiger partial charge in [-0.1, -0.05) is 13.8 Å². The number of carboxylic acid groups (broad SMARTS) is 1. The van der Waals surface area contributed by atoms with Crippen molar-refractivity contribution in [2.45, 2.75) is 33.2 Å². The minimum absolute atomic E-state index is 0.0410. The van der Waals surface area contributed by atoms with Crippen LogP contribution < -0.4 is 0 Å². The largest absolute Gasteiger partial charge is 0.481 e. The summed E-state index contributed by atoms with van der Waals surface area (Å²) in [6.07, 6.45) is 0. The highest BCUT2D eigenvalue weighted by molar-refractivity contribution is 5.92. The molecule has 1 aliphatic heterocycles. The maximum Gasteiger partial charge on any atom is 0.307 e. The molecule has 0 radical (unpaired) electrons. The molecule has 1 saturated heterocycles. The van der Waals surface area contributed by atoms with E-state index in [1.807, 2.05) is 27.7 Å². The Balaban J connectivity index is 2.15. The zero-order valence-electron chi connectivity index (χ0n) is 11.4. The molecule has 0 aromatic rings. The monoisotopic (exact) mass is 255 g/mol. The van der Waals surface area contributed by atoms with Crippen molar-refractivity contribution in [3.05, 3.63) is 0 Å². The van der Waals surface area contributed by atoms with Gasteiger partial charge in [0.25, 0.3) is 0 Å². The number of hydrogen-bond donors (Lipinski definition) is 1. The molecule has 18 heavy (non-hydrogen) atoms. The summed E-state index contributed by atoms with van der Waals surface area (Å²) in [6, 6.07) is 0. The van der Waals surface area contributed by atoms with E-state index in [1.165, 1.54) is 0 Å². The lowest BCUT2D eigenvalue weighted by atomic mass is 10.0. The summed E-state index contributed by atoms with van der Waals surface area (Å²) in [5, 5.41) is 9.14. The number of carbonyl (C=O) groups excluding carboxylic acids is 1.